The molecule has 3 rings (SSSR count). The first-order valence-corrected chi connectivity index (χ1v) is 10.4. The van der Waals surface area contributed by atoms with Gasteiger partial charge in [0, 0.05) is 29.4 Å². The average molecular weight is 428 g/mol. The Morgan fingerprint density at radius 1 is 1.07 bits per heavy atom. The summed E-state index contributed by atoms with van der Waals surface area (Å²) in [5, 5.41) is 5.98. The number of halogens is 1. The second-order valence-electron chi connectivity index (χ2n) is 7.74. The van der Waals surface area contributed by atoms with Crippen LogP contribution in [0.15, 0.2) is 42.5 Å². The molecule has 158 valence electrons. The number of hydrogen-bond acceptors (Lipinski definition) is 3. The molecule has 1 atom stereocenters. The van der Waals surface area contributed by atoms with E-state index < -0.39 is 0 Å². The molecule has 0 aromatic heterocycles. The highest BCUT2D eigenvalue weighted by atomic mass is 35.5. The second-order valence-corrected chi connectivity index (χ2v) is 8.18. The van der Waals surface area contributed by atoms with Crippen LogP contribution >= 0.6 is 11.6 Å². The largest absolute Gasteiger partial charge is 0.347 e. The van der Waals surface area contributed by atoms with Crippen LogP contribution in [-0.4, -0.2) is 42.3 Å². The number of hydrogen-bond donors (Lipinski definition) is 2. The predicted molar refractivity (Wildman–Crippen MR) is 118 cm³/mol. The van der Waals surface area contributed by atoms with Gasteiger partial charge in [-0.15, -0.1) is 0 Å². The van der Waals surface area contributed by atoms with E-state index in [-0.39, 0.29) is 30.2 Å². The number of rotatable bonds is 5. The van der Waals surface area contributed by atoms with Crippen LogP contribution in [0, 0.1) is 19.8 Å². The summed E-state index contributed by atoms with van der Waals surface area (Å²) in [6.45, 7) is 4.79. The van der Waals surface area contributed by atoms with E-state index in [1.807, 2.05) is 32.0 Å². The zero-order valence-electron chi connectivity index (χ0n) is 17.2. The minimum absolute atomic E-state index is 0.0558. The first-order chi connectivity index (χ1) is 14.3. The highest BCUT2D eigenvalue weighted by Crippen LogP contribution is 2.20. The second kappa shape index (κ2) is 9.76. The molecule has 1 aliphatic heterocycles. The van der Waals surface area contributed by atoms with Crippen LogP contribution in [0.2, 0.25) is 5.02 Å². The van der Waals surface area contributed by atoms with Crippen molar-refractivity contribution in [2.24, 2.45) is 5.92 Å². The molecule has 2 N–H and O–H groups in total. The Hall–Kier alpha value is -2.86. The number of carbonyl (C=O) groups excluding carboxylic acids is 3. The molecule has 2 aromatic rings. The first kappa shape index (κ1) is 21.8. The summed E-state index contributed by atoms with van der Waals surface area (Å²) in [5.74, 6) is -0.902. The quantitative estimate of drug-likeness (QED) is 0.765. The van der Waals surface area contributed by atoms with Crippen molar-refractivity contribution in [2.45, 2.75) is 26.7 Å². The Labute approximate surface area is 181 Å². The normalized spacial score (nSPS) is 16.1. The monoisotopic (exact) mass is 427 g/mol. The SMILES string of the molecule is Cc1cc(C)cc(C(=O)N2CCCC(C(=O)NCC(=O)Nc3ccc(Cl)cc3)C2)c1. The van der Waals surface area contributed by atoms with Crippen molar-refractivity contribution in [3.63, 3.8) is 0 Å². The molecular weight excluding hydrogens is 402 g/mol. The molecule has 3 amide bonds. The van der Waals surface area contributed by atoms with E-state index in [1.54, 1.807) is 29.2 Å². The van der Waals surface area contributed by atoms with Gasteiger partial charge in [0.15, 0.2) is 0 Å². The van der Waals surface area contributed by atoms with E-state index in [4.69, 9.17) is 11.6 Å². The van der Waals surface area contributed by atoms with Crippen molar-refractivity contribution < 1.29 is 14.4 Å². The Kier molecular flexibility index (Phi) is 7.11. The lowest BCUT2D eigenvalue weighted by atomic mass is 9.96. The van der Waals surface area contributed by atoms with Crippen LogP contribution in [0.4, 0.5) is 5.69 Å². The molecule has 0 radical (unpaired) electrons. The van der Waals surface area contributed by atoms with Crippen molar-refractivity contribution in [1.82, 2.24) is 10.2 Å². The third-order valence-corrected chi connectivity index (χ3v) is 5.35. The summed E-state index contributed by atoms with van der Waals surface area (Å²) in [6, 6.07) is 12.5. The number of amides is 3. The summed E-state index contributed by atoms with van der Waals surface area (Å²) in [7, 11) is 0. The molecule has 1 fully saturated rings. The van der Waals surface area contributed by atoms with E-state index >= 15 is 0 Å². The van der Waals surface area contributed by atoms with Gasteiger partial charge >= 0.3 is 0 Å². The number of piperidine rings is 1. The molecule has 1 saturated heterocycles. The van der Waals surface area contributed by atoms with E-state index in [9.17, 15) is 14.4 Å². The van der Waals surface area contributed by atoms with Crippen molar-refractivity contribution in [3.05, 3.63) is 64.2 Å². The first-order valence-electron chi connectivity index (χ1n) is 10.0. The lowest BCUT2D eigenvalue weighted by Crippen LogP contribution is -2.46. The number of benzene rings is 2. The maximum Gasteiger partial charge on any atom is 0.253 e. The standard InChI is InChI=1S/C23H26ClN3O3/c1-15-10-16(2)12-18(11-15)23(30)27-9-3-4-17(14-27)22(29)25-13-21(28)26-20-7-5-19(24)6-8-20/h5-8,10-12,17H,3-4,9,13-14H2,1-2H3,(H,25,29)(H,26,28). The molecule has 0 spiro atoms. The highest BCUT2D eigenvalue weighted by Gasteiger charge is 2.29. The predicted octanol–water partition coefficient (Wildman–Crippen LogP) is 3.56. The Morgan fingerprint density at radius 3 is 2.40 bits per heavy atom. The van der Waals surface area contributed by atoms with Gasteiger partial charge in [0.2, 0.25) is 11.8 Å². The van der Waals surface area contributed by atoms with Crippen LogP contribution in [0.1, 0.15) is 34.3 Å². The number of nitrogens with one attached hydrogen (secondary N) is 2. The van der Waals surface area contributed by atoms with Crippen molar-refractivity contribution >= 4 is 35.0 Å². The molecular formula is C23H26ClN3O3. The van der Waals surface area contributed by atoms with Gasteiger partial charge in [-0.25, -0.2) is 0 Å². The van der Waals surface area contributed by atoms with E-state index in [0.717, 1.165) is 17.5 Å². The number of likely N-dealkylation sites (tertiary alicyclic amines) is 1. The van der Waals surface area contributed by atoms with Crippen molar-refractivity contribution in [3.8, 4) is 0 Å². The molecule has 1 unspecified atom stereocenters. The van der Waals surface area contributed by atoms with Gasteiger partial charge < -0.3 is 15.5 Å². The molecule has 1 aliphatic rings. The van der Waals surface area contributed by atoms with E-state index in [0.29, 0.717) is 35.8 Å². The van der Waals surface area contributed by atoms with Crippen LogP contribution in [0.3, 0.4) is 0 Å². The molecule has 6 nitrogen and oxygen atoms in total. The molecule has 0 saturated carbocycles. The van der Waals surface area contributed by atoms with Gasteiger partial charge in [-0.3, -0.25) is 14.4 Å². The van der Waals surface area contributed by atoms with Gasteiger partial charge in [-0.05, 0) is 63.1 Å². The summed E-state index contributed by atoms with van der Waals surface area (Å²) < 4.78 is 0. The molecule has 7 heteroatoms. The maximum atomic E-state index is 12.9. The van der Waals surface area contributed by atoms with Gasteiger partial charge in [0.05, 0.1) is 12.5 Å². The number of carbonyl (C=O) groups is 3. The smallest absolute Gasteiger partial charge is 0.253 e. The van der Waals surface area contributed by atoms with Gasteiger partial charge in [0.25, 0.3) is 5.91 Å². The fraction of sp³-hybridized carbons (Fsp3) is 0.348. The Balaban J connectivity index is 1.53. The molecule has 1 heterocycles. The minimum Gasteiger partial charge on any atom is -0.347 e. The summed E-state index contributed by atoms with van der Waals surface area (Å²) in [5.41, 5.74) is 3.34. The molecule has 2 aromatic carbocycles. The van der Waals surface area contributed by atoms with Crippen LogP contribution < -0.4 is 10.6 Å². The van der Waals surface area contributed by atoms with Crippen LogP contribution in [-0.2, 0) is 9.59 Å². The molecule has 0 aliphatic carbocycles. The summed E-state index contributed by atoms with van der Waals surface area (Å²) in [4.78, 5) is 39.3. The number of anilines is 1. The van der Waals surface area contributed by atoms with Gasteiger partial charge in [-0.1, -0.05) is 28.8 Å². The van der Waals surface area contributed by atoms with Crippen molar-refractivity contribution in [2.75, 3.05) is 25.0 Å². The van der Waals surface area contributed by atoms with Gasteiger partial charge in [-0.2, -0.15) is 0 Å². The fourth-order valence-corrected chi connectivity index (χ4v) is 3.83. The minimum atomic E-state index is -0.322. The topological polar surface area (TPSA) is 78.5 Å². The molecule has 30 heavy (non-hydrogen) atoms. The third-order valence-electron chi connectivity index (χ3n) is 5.10. The van der Waals surface area contributed by atoms with E-state index in [1.165, 1.54) is 0 Å². The number of nitrogens with zero attached hydrogens (tertiary/aromatic N) is 1. The summed E-state index contributed by atoms with van der Waals surface area (Å²) >= 11 is 5.83. The lowest BCUT2D eigenvalue weighted by molar-refractivity contribution is -0.128. The average Bonchev–Trinajstić information content (AvgIpc) is 2.72. The van der Waals surface area contributed by atoms with Crippen LogP contribution in [0.25, 0.3) is 0 Å². The zero-order chi connectivity index (χ0) is 21.7. The fourth-order valence-electron chi connectivity index (χ4n) is 3.71. The maximum absolute atomic E-state index is 12.9. The van der Waals surface area contributed by atoms with Crippen molar-refractivity contribution in [1.29, 1.82) is 0 Å². The zero-order valence-corrected chi connectivity index (χ0v) is 18.0. The van der Waals surface area contributed by atoms with E-state index in [2.05, 4.69) is 10.6 Å². The molecule has 0 bridgehead atoms. The number of aryl methyl sites for hydroxylation is 2. The third kappa shape index (κ3) is 5.83. The lowest BCUT2D eigenvalue weighted by Gasteiger charge is -2.32. The van der Waals surface area contributed by atoms with Gasteiger partial charge in [0.1, 0.15) is 0 Å². The Bertz CT molecular complexity index is 923. The van der Waals surface area contributed by atoms with Crippen LogP contribution in [0.5, 0.6) is 0 Å². The Morgan fingerprint density at radius 2 is 1.73 bits per heavy atom. The summed E-state index contributed by atoms with van der Waals surface area (Å²) in [6.07, 6.45) is 1.45. The highest BCUT2D eigenvalue weighted by molar-refractivity contribution is 6.30.